The van der Waals surface area contributed by atoms with Gasteiger partial charge in [0.2, 0.25) is 0 Å². The van der Waals surface area contributed by atoms with Crippen molar-refractivity contribution in [1.29, 1.82) is 0 Å². The lowest BCUT2D eigenvalue weighted by atomic mass is 10.1. The van der Waals surface area contributed by atoms with Crippen molar-refractivity contribution in [3.8, 4) is 0 Å². The zero-order valence-corrected chi connectivity index (χ0v) is 17.3. The third-order valence-corrected chi connectivity index (χ3v) is 5.03. The number of nitrogens with one attached hydrogen (secondary N) is 2. The van der Waals surface area contributed by atoms with E-state index in [1.807, 2.05) is 45.0 Å². The van der Waals surface area contributed by atoms with Crippen LogP contribution in [0.5, 0.6) is 0 Å². The number of benzene rings is 2. The third kappa shape index (κ3) is 5.89. The lowest BCUT2D eigenvalue weighted by molar-refractivity contribution is 0.0846. The first kappa shape index (κ1) is 20.5. The molecule has 0 aliphatic heterocycles. The highest BCUT2D eigenvalue weighted by Gasteiger charge is 2.09. The van der Waals surface area contributed by atoms with Crippen LogP contribution in [0.1, 0.15) is 43.2 Å². The highest BCUT2D eigenvalue weighted by molar-refractivity contribution is 7.98. The number of nitrogens with zero attached hydrogens (tertiary/aromatic N) is 2. The molecule has 3 aromatic rings. The van der Waals surface area contributed by atoms with E-state index < -0.39 is 0 Å². The molecule has 0 bridgehead atoms. The number of thioether (sulfide) groups is 1. The number of hydrogen-bond acceptors (Lipinski definition) is 5. The van der Waals surface area contributed by atoms with Crippen LogP contribution >= 0.6 is 11.8 Å². The molecule has 2 amide bonds. The van der Waals surface area contributed by atoms with E-state index >= 15 is 0 Å². The molecular weight excluding hydrogens is 384 g/mol. The van der Waals surface area contributed by atoms with Crippen LogP contribution in [0.15, 0.2) is 59.8 Å². The van der Waals surface area contributed by atoms with Gasteiger partial charge in [-0.05, 0) is 56.7 Å². The van der Waals surface area contributed by atoms with Crippen molar-refractivity contribution in [2.24, 2.45) is 0 Å². The molecule has 0 unspecified atom stereocenters. The summed E-state index contributed by atoms with van der Waals surface area (Å²) in [6.07, 6.45) is 0. The predicted molar refractivity (Wildman–Crippen MR) is 114 cm³/mol. The summed E-state index contributed by atoms with van der Waals surface area (Å²) in [7, 11) is 0. The molecule has 0 fully saturated rings. The van der Waals surface area contributed by atoms with Gasteiger partial charge in [-0.15, -0.1) is 0 Å². The van der Waals surface area contributed by atoms with E-state index in [4.69, 9.17) is 0 Å². The summed E-state index contributed by atoms with van der Waals surface area (Å²) in [4.78, 5) is 33.2. The molecule has 6 nitrogen and oxygen atoms in total. The minimum absolute atomic E-state index is 0.358. The van der Waals surface area contributed by atoms with Crippen LogP contribution in [-0.2, 0) is 5.75 Å². The van der Waals surface area contributed by atoms with Crippen LogP contribution in [0.3, 0.4) is 0 Å². The molecule has 0 saturated heterocycles. The fourth-order valence-corrected chi connectivity index (χ4v) is 3.61. The Kier molecular flexibility index (Phi) is 6.61. The standard InChI is InChI=1S/C22H22N4O2S/c1-14-5-4-6-19(11-14)21(28)26-25-20(27)18-9-7-17(8-10-18)13-29-22-23-15(2)12-16(3)24-22/h4-12H,13H2,1-3H3,(H,25,27)(H,26,28). The van der Waals surface area contributed by atoms with Crippen LogP contribution in [0, 0.1) is 20.8 Å². The first-order valence-electron chi connectivity index (χ1n) is 9.12. The Morgan fingerprint density at radius 2 is 1.45 bits per heavy atom. The largest absolute Gasteiger partial charge is 0.269 e. The average molecular weight is 407 g/mol. The van der Waals surface area contributed by atoms with Gasteiger partial charge in [0.25, 0.3) is 11.8 Å². The molecule has 0 saturated carbocycles. The molecule has 2 N–H and O–H groups in total. The topological polar surface area (TPSA) is 84.0 Å². The molecule has 0 aliphatic carbocycles. The summed E-state index contributed by atoms with van der Waals surface area (Å²) in [6, 6.07) is 16.3. The Hall–Kier alpha value is -3.19. The minimum atomic E-state index is -0.372. The van der Waals surface area contributed by atoms with Gasteiger partial charge in [0, 0.05) is 28.3 Å². The summed E-state index contributed by atoms with van der Waals surface area (Å²) >= 11 is 1.55. The summed E-state index contributed by atoms with van der Waals surface area (Å²) in [5.41, 5.74) is 9.75. The van der Waals surface area contributed by atoms with Gasteiger partial charge in [-0.25, -0.2) is 9.97 Å². The fourth-order valence-electron chi connectivity index (χ4n) is 2.70. The number of carbonyl (C=O) groups excluding carboxylic acids is 2. The molecule has 7 heteroatoms. The van der Waals surface area contributed by atoms with E-state index in [2.05, 4.69) is 20.8 Å². The zero-order valence-electron chi connectivity index (χ0n) is 16.5. The molecule has 29 heavy (non-hydrogen) atoms. The van der Waals surface area contributed by atoms with Crippen molar-refractivity contribution in [3.05, 3.63) is 88.2 Å². The molecule has 0 radical (unpaired) electrons. The third-order valence-electron chi connectivity index (χ3n) is 4.12. The van der Waals surface area contributed by atoms with Crippen LogP contribution in [0.2, 0.25) is 0 Å². The Bertz CT molecular complexity index is 1010. The highest BCUT2D eigenvalue weighted by Crippen LogP contribution is 2.20. The molecule has 3 rings (SSSR count). The Morgan fingerprint density at radius 1 is 0.828 bits per heavy atom. The number of aromatic nitrogens is 2. The predicted octanol–water partition coefficient (Wildman–Crippen LogP) is 3.77. The zero-order chi connectivity index (χ0) is 20.8. The van der Waals surface area contributed by atoms with Crippen molar-refractivity contribution < 1.29 is 9.59 Å². The summed E-state index contributed by atoms with van der Waals surface area (Å²) in [5, 5.41) is 0.739. The van der Waals surface area contributed by atoms with Crippen molar-refractivity contribution >= 4 is 23.6 Å². The Morgan fingerprint density at radius 3 is 2.07 bits per heavy atom. The molecule has 2 aromatic carbocycles. The SMILES string of the molecule is Cc1cccc(C(=O)NNC(=O)c2ccc(CSc3nc(C)cc(C)n3)cc2)c1. The van der Waals surface area contributed by atoms with E-state index in [-0.39, 0.29) is 11.8 Å². The van der Waals surface area contributed by atoms with Crippen LogP contribution in [-0.4, -0.2) is 21.8 Å². The van der Waals surface area contributed by atoms with Crippen molar-refractivity contribution in [1.82, 2.24) is 20.8 Å². The Labute approximate surface area is 174 Å². The highest BCUT2D eigenvalue weighted by atomic mass is 32.2. The number of rotatable bonds is 5. The average Bonchev–Trinajstić information content (AvgIpc) is 2.70. The maximum Gasteiger partial charge on any atom is 0.269 e. The normalized spacial score (nSPS) is 10.4. The van der Waals surface area contributed by atoms with Gasteiger partial charge in [-0.3, -0.25) is 20.4 Å². The van der Waals surface area contributed by atoms with Gasteiger partial charge < -0.3 is 0 Å². The monoisotopic (exact) mass is 406 g/mol. The number of carbonyl (C=O) groups is 2. The molecule has 0 aliphatic rings. The molecule has 1 aromatic heterocycles. The number of hydrazine groups is 1. The number of aryl methyl sites for hydroxylation is 3. The van der Waals surface area contributed by atoms with Crippen LogP contribution in [0.4, 0.5) is 0 Å². The lowest BCUT2D eigenvalue weighted by Gasteiger charge is -2.08. The van der Waals surface area contributed by atoms with Gasteiger partial charge in [0.15, 0.2) is 5.16 Å². The number of hydrogen-bond donors (Lipinski definition) is 2. The van der Waals surface area contributed by atoms with Gasteiger partial charge in [-0.1, -0.05) is 41.6 Å². The van der Waals surface area contributed by atoms with Crippen LogP contribution < -0.4 is 10.9 Å². The molecule has 0 spiro atoms. The van der Waals surface area contributed by atoms with Crippen molar-refractivity contribution in [2.75, 3.05) is 0 Å². The van der Waals surface area contributed by atoms with E-state index in [0.717, 1.165) is 27.7 Å². The van der Waals surface area contributed by atoms with Crippen molar-refractivity contribution in [2.45, 2.75) is 31.7 Å². The molecular formula is C22H22N4O2S. The Balaban J connectivity index is 1.53. The van der Waals surface area contributed by atoms with Crippen molar-refractivity contribution in [3.63, 3.8) is 0 Å². The maximum absolute atomic E-state index is 12.3. The number of amides is 2. The quantitative estimate of drug-likeness (QED) is 0.383. The van der Waals surface area contributed by atoms with Crippen LogP contribution in [0.25, 0.3) is 0 Å². The fraction of sp³-hybridized carbons (Fsp3) is 0.182. The van der Waals surface area contributed by atoms with E-state index in [1.165, 1.54) is 0 Å². The van der Waals surface area contributed by atoms with Gasteiger partial charge in [0.05, 0.1) is 0 Å². The lowest BCUT2D eigenvalue weighted by Crippen LogP contribution is -2.41. The van der Waals surface area contributed by atoms with E-state index in [1.54, 1.807) is 42.1 Å². The van der Waals surface area contributed by atoms with Gasteiger partial charge in [0.1, 0.15) is 0 Å². The molecule has 0 atom stereocenters. The van der Waals surface area contributed by atoms with E-state index in [9.17, 15) is 9.59 Å². The smallest absolute Gasteiger partial charge is 0.267 e. The maximum atomic E-state index is 12.3. The summed E-state index contributed by atoms with van der Waals surface area (Å²) in [6.45, 7) is 5.80. The van der Waals surface area contributed by atoms with Gasteiger partial charge in [-0.2, -0.15) is 0 Å². The van der Waals surface area contributed by atoms with Gasteiger partial charge >= 0.3 is 0 Å². The molecule has 148 valence electrons. The second-order valence-electron chi connectivity index (χ2n) is 6.70. The summed E-state index contributed by atoms with van der Waals surface area (Å²) < 4.78 is 0. The molecule has 1 heterocycles. The second kappa shape index (κ2) is 9.34. The first-order chi connectivity index (χ1) is 13.9. The van der Waals surface area contributed by atoms with E-state index in [0.29, 0.717) is 16.9 Å². The second-order valence-corrected chi connectivity index (χ2v) is 7.64. The minimum Gasteiger partial charge on any atom is -0.267 e. The summed E-state index contributed by atoms with van der Waals surface area (Å²) in [5.74, 6) is -0.0270. The first-order valence-corrected chi connectivity index (χ1v) is 10.1.